The summed E-state index contributed by atoms with van der Waals surface area (Å²) < 4.78 is 59.6. The zero-order chi connectivity index (χ0) is 22.3. The van der Waals surface area contributed by atoms with Crippen LogP contribution >= 0.6 is 0 Å². The van der Waals surface area contributed by atoms with E-state index in [9.17, 15) is 22.0 Å². The second-order valence-corrected chi connectivity index (χ2v) is 8.29. The van der Waals surface area contributed by atoms with Gasteiger partial charge in [-0.25, -0.2) is 17.2 Å². The van der Waals surface area contributed by atoms with Crippen LogP contribution in [-0.2, 0) is 14.8 Å². The van der Waals surface area contributed by atoms with Gasteiger partial charge in [-0.3, -0.25) is 9.10 Å². The van der Waals surface area contributed by atoms with Crippen molar-refractivity contribution in [1.29, 1.82) is 0 Å². The van der Waals surface area contributed by atoms with Gasteiger partial charge in [-0.1, -0.05) is 30.3 Å². The van der Waals surface area contributed by atoms with Crippen LogP contribution in [0.4, 0.5) is 14.5 Å². The highest BCUT2D eigenvalue weighted by atomic mass is 32.2. The van der Waals surface area contributed by atoms with Crippen molar-refractivity contribution < 1.29 is 26.7 Å². The number of nitrogens with one attached hydrogen (secondary N) is 1. The molecule has 0 fully saturated rings. The maximum Gasteiger partial charge on any atom is 0.264 e. The van der Waals surface area contributed by atoms with Gasteiger partial charge in [0, 0.05) is 0 Å². The average Bonchev–Trinajstić information content (AvgIpc) is 2.77. The van der Waals surface area contributed by atoms with Gasteiger partial charge in [-0.15, -0.1) is 0 Å². The van der Waals surface area contributed by atoms with Gasteiger partial charge in [0.25, 0.3) is 10.0 Å². The quantitative estimate of drug-likeness (QED) is 0.512. The van der Waals surface area contributed by atoms with Crippen LogP contribution < -0.4 is 14.4 Å². The Morgan fingerprint density at radius 3 is 2.23 bits per heavy atom. The first kappa shape index (κ1) is 22.2. The van der Waals surface area contributed by atoms with Gasteiger partial charge in [0.1, 0.15) is 30.5 Å². The van der Waals surface area contributed by atoms with Crippen LogP contribution in [0.15, 0.2) is 83.8 Å². The highest BCUT2D eigenvalue weighted by molar-refractivity contribution is 7.92. The standard InChI is InChI=1S/C22H20F2N2O4S/c23-17-10-12-18(13-11-17)30-15-14-25-22(27)16-26(21-9-5-4-8-20(21)24)31(28,29)19-6-2-1-3-7-19/h1-13H,14-16H2,(H,25,27). The van der Waals surface area contributed by atoms with Gasteiger partial charge in [0.05, 0.1) is 17.1 Å². The van der Waals surface area contributed by atoms with Crippen molar-refractivity contribution in [3.8, 4) is 5.75 Å². The molecule has 0 aliphatic heterocycles. The van der Waals surface area contributed by atoms with Gasteiger partial charge in [-0.05, 0) is 48.5 Å². The normalized spacial score (nSPS) is 11.0. The third kappa shape index (κ3) is 5.79. The van der Waals surface area contributed by atoms with Crippen LogP contribution in [0.25, 0.3) is 0 Å². The number of nitrogens with zero attached hydrogens (tertiary/aromatic N) is 1. The molecule has 31 heavy (non-hydrogen) atoms. The SMILES string of the molecule is O=C(CN(c1ccccc1F)S(=O)(=O)c1ccccc1)NCCOc1ccc(F)cc1. The van der Waals surface area contributed by atoms with E-state index in [0.717, 1.165) is 10.4 Å². The van der Waals surface area contributed by atoms with E-state index < -0.39 is 34.1 Å². The second kappa shape index (κ2) is 10.0. The van der Waals surface area contributed by atoms with Crippen LogP contribution in [-0.4, -0.2) is 34.0 Å². The highest BCUT2D eigenvalue weighted by Crippen LogP contribution is 2.25. The predicted molar refractivity (Wildman–Crippen MR) is 112 cm³/mol. The molecule has 9 heteroatoms. The average molecular weight is 446 g/mol. The van der Waals surface area contributed by atoms with Crippen molar-refractivity contribution in [2.45, 2.75) is 4.90 Å². The van der Waals surface area contributed by atoms with E-state index in [0.29, 0.717) is 5.75 Å². The largest absolute Gasteiger partial charge is 0.492 e. The Balaban J connectivity index is 1.69. The number of halogens is 2. The number of amides is 1. The minimum atomic E-state index is -4.18. The molecule has 0 atom stereocenters. The lowest BCUT2D eigenvalue weighted by Gasteiger charge is -2.24. The molecule has 162 valence electrons. The highest BCUT2D eigenvalue weighted by Gasteiger charge is 2.28. The molecule has 1 amide bonds. The summed E-state index contributed by atoms with van der Waals surface area (Å²) in [6.07, 6.45) is 0. The molecule has 0 radical (unpaired) electrons. The molecular formula is C22H20F2N2O4S. The summed E-state index contributed by atoms with van der Waals surface area (Å²) in [4.78, 5) is 12.4. The molecule has 1 N–H and O–H groups in total. The van der Waals surface area contributed by atoms with Gasteiger partial charge in [0.15, 0.2) is 0 Å². The van der Waals surface area contributed by atoms with E-state index >= 15 is 0 Å². The van der Waals surface area contributed by atoms with Crippen LogP contribution in [0.2, 0.25) is 0 Å². The van der Waals surface area contributed by atoms with Crippen LogP contribution in [0.5, 0.6) is 5.75 Å². The van der Waals surface area contributed by atoms with Crippen molar-refractivity contribution in [2.75, 3.05) is 24.0 Å². The molecule has 3 rings (SSSR count). The molecule has 0 heterocycles. The van der Waals surface area contributed by atoms with Crippen LogP contribution in [0.1, 0.15) is 0 Å². The minimum absolute atomic E-state index is 0.0642. The molecule has 0 saturated heterocycles. The number of ether oxygens (including phenoxy) is 1. The smallest absolute Gasteiger partial charge is 0.264 e. The summed E-state index contributed by atoms with van der Waals surface area (Å²) in [6, 6.07) is 18.2. The van der Waals surface area contributed by atoms with E-state index in [1.165, 1.54) is 54.6 Å². The first-order chi connectivity index (χ1) is 14.9. The Bertz CT molecular complexity index is 1120. The number of benzene rings is 3. The summed E-state index contributed by atoms with van der Waals surface area (Å²) in [6.45, 7) is -0.454. The molecule has 0 aliphatic rings. The summed E-state index contributed by atoms with van der Waals surface area (Å²) in [7, 11) is -4.18. The summed E-state index contributed by atoms with van der Waals surface area (Å²) in [5, 5.41) is 2.54. The number of anilines is 1. The van der Waals surface area contributed by atoms with Crippen LogP contribution in [0.3, 0.4) is 0 Å². The number of hydrogen-bond acceptors (Lipinski definition) is 4. The van der Waals surface area contributed by atoms with Gasteiger partial charge in [-0.2, -0.15) is 0 Å². The zero-order valence-electron chi connectivity index (χ0n) is 16.4. The Morgan fingerprint density at radius 2 is 1.55 bits per heavy atom. The minimum Gasteiger partial charge on any atom is -0.492 e. The number of sulfonamides is 1. The molecule has 3 aromatic rings. The zero-order valence-corrected chi connectivity index (χ0v) is 17.2. The predicted octanol–water partition coefficient (Wildman–Crippen LogP) is 3.36. The first-order valence-electron chi connectivity index (χ1n) is 9.35. The lowest BCUT2D eigenvalue weighted by molar-refractivity contribution is -0.119. The first-order valence-corrected chi connectivity index (χ1v) is 10.8. The number of rotatable bonds is 9. The Morgan fingerprint density at radius 1 is 0.903 bits per heavy atom. The fraction of sp³-hybridized carbons (Fsp3) is 0.136. The summed E-state index contributed by atoms with van der Waals surface area (Å²) >= 11 is 0. The number of hydrogen-bond donors (Lipinski definition) is 1. The summed E-state index contributed by atoms with van der Waals surface area (Å²) in [5.41, 5.74) is -0.232. The number of para-hydroxylation sites is 1. The molecule has 0 saturated carbocycles. The molecular weight excluding hydrogens is 426 g/mol. The fourth-order valence-electron chi connectivity index (χ4n) is 2.75. The van der Waals surface area contributed by atoms with Gasteiger partial charge < -0.3 is 10.1 Å². The van der Waals surface area contributed by atoms with Crippen LogP contribution in [0, 0.1) is 11.6 Å². The number of carbonyl (C=O) groups is 1. The molecule has 0 aliphatic carbocycles. The third-order valence-electron chi connectivity index (χ3n) is 4.25. The molecule has 0 aromatic heterocycles. The van der Waals surface area contributed by atoms with Crippen molar-refractivity contribution in [3.63, 3.8) is 0 Å². The topological polar surface area (TPSA) is 75.7 Å². The van der Waals surface area contributed by atoms with Crippen molar-refractivity contribution >= 4 is 21.6 Å². The van der Waals surface area contributed by atoms with Crippen molar-refractivity contribution in [1.82, 2.24) is 5.32 Å². The molecule has 0 spiro atoms. The Labute approximate surface area is 179 Å². The molecule has 0 unspecified atom stereocenters. The van der Waals surface area contributed by atoms with E-state index in [4.69, 9.17) is 4.74 Å². The lowest BCUT2D eigenvalue weighted by atomic mass is 10.3. The second-order valence-electron chi connectivity index (χ2n) is 6.43. The van der Waals surface area contributed by atoms with E-state index in [1.807, 2.05) is 0 Å². The third-order valence-corrected chi connectivity index (χ3v) is 6.02. The fourth-order valence-corrected chi connectivity index (χ4v) is 4.20. The summed E-state index contributed by atoms with van der Waals surface area (Å²) in [5.74, 6) is -1.37. The van der Waals surface area contributed by atoms with Gasteiger partial charge in [0.2, 0.25) is 5.91 Å². The van der Waals surface area contributed by atoms with E-state index in [1.54, 1.807) is 18.2 Å². The molecule has 3 aromatic carbocycles. The molecule has 6 nitrogen and oxygen atoms in total. The van der Waals surface area contributed by atoms with Crippen molar-refractivity contribution in [3.05, 3.63) is 90.5 Å². The molecule has 0 bridgehead atoms. The Kier molecular flexibility index (Phi) is 7.19. The Hall–Kier alpha value is -3.46. The van der Waals surface area contributed by atoms with E-state index in [-0.39, 0.29) is 23.7 Å². The maximum absolute atomic E-state index is 14.4. The van der Waals surface area contributed by atoms with Gasteiger partial charge >= 0.3 is 0 Å². The monoisotopic (exact) mass is 446 g/mol. The van der Waals surface area contributed by atoms with Crippen molar-refractivity contribution in [2.24, 2.45) is 0 Å². The maximum atomic E-state index is 14.4. The van der Waals surface area contributed by atoms with E-state index in [2.05, 4.69) is 5.32 Å². The number of carbonyl (C=O) groups excluding carboxylic acids is 1. The lowest BCUT2D eigenvalue weighted by Crippen LogP contribution is -2.42.